The molecule has 0 aromatic rings. The number of hydrogen-bond acceptors (Lipinski definition) is 7. The molecule has 0 amide bonds. The average molecular weight is 607 g/mol. The Morgan fingerprint density at radius 1 is 0.561 bits per heavy atom. The highest BCUT2D eigenvalue weighted by molar-refractivity contribution is 7.47. The maximum absolute atomic E-state index is 12.4. The lowest BCUT2D eigenvalue weighted by atomic mass is 10.0. The molecular formula is C32H63O8P. The van der Waals surface area contributed by atoms with E-state index in [4.69, 9.17) is 18.5 Å². The van der Waals surface area contributed by atoms with Crippen LogP contribution in [0.2, 0.25) is 0 Å². The van der Waals surface area contributed by atoms with Gasteiger partial charge >= 0.3 is 19.8 Å². The van der Waals surface area contributed by atoms with Crippen LogP contribution in [0.1, 0.15) is 168 Å². The number of ether oxygens (including phenoxy) is 2. The average Bonchev–Trinajstić information content (AvgIpc) is 2.94. The first kappa shape index (κ1) is 40.1. The van der Waals surface area contributed by atoms with Crippen molar-refractivity contribution in [1.82, 2.24) is 0 Å². The van der Waals surface area contributed by atoms with Gasteiger partial charge in [0.15, 0.2) is 6.10 Å². The molecule has 0 aromatic carbocycles. The summed E-state index contributed by atoms with van der Waals surface area (Å²) in [5, 5.41) is 0. The van der Waals surface area contributed by atoms with Crippen LogP contribution < -0.4 is 0 Å². The van der Waals surface area contributed by atoms with Gasteiger partial charge in [-0.05, 0) is 19.8 Å². The molecule has 9 heteroatoms. The summed E-state index contributed by atoms with van der Waals surface area (Å²) in [6, 6.07) is 0. The fourth-order valence-electron chi connectivity index (χ4n) is 4.69. The second-order valence-corrected chi connectivity index (χ2v) is 12.6. The molecule has 0 heterocycles. The van der Waals surface area contributed by atoms with E-state index in [2.05, 4.69) is 13.8 Å². The normalized spacial score (nSPS) is 13.6. The van der Waals surface area contributed by atoms with Crippen LogP contribution in [-0.2, 0) is 32.7 Å². The molecular weight excluding hydrogens is 543 g/mol. The first-order valence-corrected chi connectivity index (χ1v) is 18.3. The third-order valence-corrected chi connectivity index (χ3v) is 8.22. The molecule has 0 aliphatic rings. The smallest absolute Gasteiger partial charge is 0.462 e. The second kappa shape index (κ2) is 29.1. The third-order valence-electron chi connectivity index (χ3n) is 7.16. The summed E-state index contributed by atoms with van der Waals surface area (Å²) in [5.41, 5.74) is 0. The summed E-state index contributed by atoms with van der Waals surface area (Å²) in [5.74, 6) is -0.795. The highest BCUT2D eigenvalue weighted by atomic mass is 31.2. The molecule has 244 valence electrons. The number of carbonyl (C=O) groups excluding carboxylic acids is 2. The standard InChI is InChI=1S/C32H63O8P/c1-4-7-9-11-13-15-16-17-19-21-23-25-27-32(34)40-30(29-39-41(35,36)38-6-3)28-37-31(33)26-24-22-20-18-14-12-10-8-5-2/h30H,4-29H2,1-3H3,(H,35,36). The first-order chi connectivity index (χ1) is 19.8. The molecule has 0 aromatic heterocycles. The quantitative estimate of drug-likeness (QED) is 0.0472. The van der Waals surface area contributed by atoms with Crippen molar-refractivity contribution in [1.29, 1.82) is 0 Å². The zero-order chi connectivity index (χ0) is 30.4. The zero-order valence-corrected chi connectivity index (χ0v) is 27.6. The van der Waals surface area contributed by atoms with Crippen molar-refractivity contribution in [3.8, 4) is 0 Å². The Labute approximate surface area is 251 Å². The van der Waals surface area contributed by atoms with Crippen molar-refractivity contribution in [2.75, 3.05) is 19.8 Å². The van der Waals surface area contributed by atoms with Crippen LogP contribution in [0, 0.1) is 0 Å². The first-order valence-electron chi connectivity index (χ1n) is 16.8. The summed E-state index contributed by atoms with van der Waals surface area (Å²) in [6.45, 7) is 5.43. The maximum Gasteiger partial charge on any atom is 0.472 e. The fraction of sp³-hybridized carbons (Fsp3) is 0.938. The summed E-state index contributed by atoms with van der Waals surface area (Å²) in [4.78, 5) is 34.3. The SMILES string of the molecule is CCCCCCCCCCCCCCC(=O)OC(COC(=O)CCCCCCCCCCC)COP(=O)(O)OCC. The van der Waals surface area contributed by atoms with Gasteiger partial charge in [-0.25, -0.2) is 4.57 Å². The van der Waals surface area contributed by atoms with Crippen LogP contribution in [0.3, 0.4) is 0 Å². The predicted octanol–water partition coefficient (Wildman–Crippen LogP) is 9.61. The van der Waals surface area contributed by atoms with Crippen LogP contribution in [-0.4, -0.2) is 42.8 Å². The third kappa shape index (κ3) is 28.9. The van der Waals surface area contributed by atoms with Crippen LogP contribution >= 0.6 is 7.82 Å². The Morgan fingerprint density at radius 3 is 1.37 bits per heavy atom. The molecule has 8 nitrogen and oxygen atoms in total. The summed E-state index contributed by atoms with van der Waals surface area (Å²) in [7, 11) is -4.26. The van der Waals surface area contributed by atoms with Gasteiger partial charge in [0.1, 0.15) is 6.61 Å². The number of phosphoric acid groups is 1. The van der Waals surface area contributed by atoms with Crippen molar-refractivity contribution in [2.24, 2.45) is 0 Å². The largest absolute Gasteiger partial charge is 0.472 e. The number of hydrogen-bond donors (Lipinski definition) is 1. The lowest BCUT2D eigenvalue weighted by Gasteiger charge is -2.19. The van der Waals surface area contributed by atoms with Gasteiger partial charge in [-0.3, -0.25) is 18.6 Å². The van der Waals surface area contributed by atoms with Crippen LogP contribution in [0.15, 0.2) is 0 Å². The Hall–Kier alpha value is -0.950. The van der Waals surface area contributed by atoms with Crippen molar-refractivity contribution < 1.29 is 37.6 Å². The predicted molar refractivity (Wildman–Crippen MR) is 166 cm³/mol. The second-order valence-electron chi connectivity index (χ2n) is 11.2. The molecule has 41 heavy (non-hydrogen) atoms. The van der Waals surface area contributed by atoms with Crippen LogP contribution in [0.25, 0.3) is 0 Å². The summed E-state index contributed by atoms with van der Waals surface area (Å²) in [6.07, 6.45) is 24.4. The molecule has 0 saturated heterocycles. The molecule has 0 bridgehead atoms. The molecule has 0 fully saturated rings. The van der Waals surface area contributed by atoms with Crippen molar-refractivity contribution >= 4 is 19.8 Å². The summed E-state index contributed by atoms with van der Waals surface area (Å²) >= 11 is 0. The van der Waals surface area contributed by atoms with Gasteiger partial charge in [-0.1, -0.05) is 136 Å². The molecule has 0 rings (SSSR count). The molecule has 2 unspecified atom stereocenters. The monoisotopic (exact) mass is 606 g/mol. The van der Waals surface area contributed by atoms with Gasteiger partial charge in [0.05, 0.1) is 13.2 Å². The van der Waals surface area contributed by atoms with Gasteiger partial charge in [0, 0.05) is 12.8 Å². The molecule has 2 atom stereocenters. The zero-order valence-electron chi connectivity index (χ0n) is 26.7. The van der Waals surface area contributed by atoms with Gasteiger partial charge in [-0.2, -0.15) is 0 Å². The van der Waals surface area contributed by atoms with Crippen molar-refractivity contribution in [3.63, 3.8) is 0 Å². The Bertz CT molecular complexity index is 658. The Morgan fingerprint density at radius 2 is 0.951 bits per heavy atom. The topological polar surface area (TPSA) is 108 Å². The Balaban J connectivity index is 4.20. The van der Waals surface area contributed by atoms with Crippen molar-refractivity contribution in [3.05, 3.63) is 0 Å². The molecule has 1 N–H and O–H groups in total. The molecule has 0 radical (unpaired) electrons. The van der Waals surface area contributed by atoms with Crippen LogP contribution in [0.4, 0.5) is 0 Å². The van der Waals surface area contributed by atoms with Gasteiger partial charge in [0.2, 0.25) is 0 Å². The number of esters is 2. The van der Waals surface area contributed by atoms with Crippen LogP contribution in [0.5, 0.6) is 0 Å². The molecule has 0 spiro atoms. The minimum Gasteiger partial charge on any atom is -0.462 e. The minimum atomic E-state index is -4.26. The van der Waals surface area contributed by atoms with Gasteiger partial charge in [0.25, 0.3) is 0 Å². The van der Waals surface area contributed by atoms with Gasteiger partial charge < -0.3 is 14.4 Å². The number of rotatable bonds is 31. The fourth-order valence-corrected chi connectivity index (χ4v) is 5.44. The lowest BCUT2D eigenvalue weighted by Crippen LogP contribution is -2.29. The van der Waals surface area contributed by atoms with E-state index < -0.39 is 19.9 Å². The highest BCUT2D eigenvalue weighted by Gasteiger charge is 2.25. The number of carbonyl (C=O) groups is 2. The summed E-state index contributed by atoms with van der Waals surface area (Å²) < 4.78 is 32.3. The highest BCUT2D eigenvalue weighted by Crippen LogP contribution is 2.43. The number of phosphoric ester groups is 1. The van der Waals surface area contributed by atoms with E-state index in [9.17, 15) is 19.0 Å². The van der Waals surface area contributed by atoms with E-state index >= 15 is 0 Å². The van der Waals surface area contributed by atoms with Gasteiger partial charge in [-0.15, -0.1) is 0 Å². The van der Waals surface area contributed by atoms with E-state index in [1.54, 1.807) is 6.92 Å². The molecule has 0 saturated carbocycles. The van der Waals surface area contributed by atoms with E-state index in [-0.39, 0.29) is 32.2 Å². The maximum atomic E-state index is 12.4. The van der Waals surface area contributed by atoms with E-state index in [0.717, 1.165) is 38.5 Å². The van der Waals surface area contributed by atoms with Crippen molar-refractivity contribution in [2.45, 2.75) is 175 Å². The minimum absolute atomic E-state index is 0.00488. The lowest BCUT2D eigenvalue weighted by molar-refractivity contribution is -0.161. The molecule has 0 aliphatic heterocycles. The Kier molecular flexibility index (Phi) is 28.5. The molecule has 0 aliphatic carbocycles. The van der Waals surface area contributed by atoms with E-state index in [1.165, 1.54) is 96.3 Å². The van der Waals surface area contributed by atoms with E-state index in [0.29, 0.717) is 6.42 Å². The van der Waals surface area contributed by atoms with E-state index in [1.807, 2.05) is 0 Å². The number of unbranched alkanes of at least 4 members (excludes halogenated alkanes) is 19.